The smallest absolute Gasteiger partial charge is 0.426 e. The molecule has 1 aromatic heterocycles. The van der Waals surface area contributed by atoms with E-state index in [0.29, 0.717) is 6.07 Å². The Balaban J connectivity index is 2.61. The Morgan fingerprint density at radius 3 is 2.25 bits per heavy atom. The average molecular weight is 659 g/mol. The molecule has 0 aliphatic carbocycles. The van der Waals surface area contributed by atoms with E-state index in [1.165, 1.54) is 31.2 Å². The number of benzene rings is 1. The lowest BCUT2D eigenvalue weighted by Gasteiger charge is -2.44. The topological polar surface area (TPSA) is 151 Å². The molecule has 1 aromatic carbocycles. The van der Waals surface area contributed by atoms with E-state index >= 15 is 4.39 Å². The Bertz CT molecular complexity index is 1340. The number of rotatable bonds is 10. The van der Waals surface area contributed by atoms with Crippen LogP contribution in [0.5, 0.6) is 0 Å². The molecule has 4 N–H and O–H groups in total. The lowest BCUT2D eigenvalue weighted by Crippen LogP contribution is -2.67. The number of nitrogens with zero attached hydrogens (tertiary/aromatic N) is 4. The number of ether oxygens (including phenoxy) is 1. The molecule has 2 rings (SSSR count). The number of aliphatic carboxylic acids is 1. The first-order valence-corrected chi connectivity index (χ1v) is 17.2. The van der Waals surface area contributed by atoms with Gasteiger partial charge in [-0.2, -0.15) is 5.10 Å². The van der Waals surface area contributed by atoms with Gasteiger partial charge in [0.15, 0.2) is 19.0 Å². The summed E-state index contributed by atoms with van der Waals surface area (Å²) in [4.78, 5) is 29.4. The SMILES string of the molecule is C[C@@H](N(NC(=O)OC(C)(C)C)C(=S)NC(C)(CO[Si](C)(C)C(C)(C)C)C(=O)O)[C@](O)(Cn1cncn1)c1ccc(F)cc1F. The Morgan fingerprint density at radius 2 is 1.77 bits per heavy atom. The van der Waals surface area contributed by atoms with Crippen LogP contribution in [0, 0.1) is 11.6 Å². The van der Waals surface area contributed by atoms with Crippen LogP contribution in [-0.4, -0.2) is 79.3 Å². The number of carboxylic acid groups (broad SMARTS) is 1. The summed E-state index contributed by atoms with van der Waals surface area (Å²) in [7, 11) is -2.41. The molecule has 0 bridgehead atoms. The standard InChI is InChI=1S/C28H44F2N6O6SSi/c1-18(28(40,14-35-17-31-16-32-35)20-12-11-19(29)13-21(20)30)36(34-24(39)42-25(2,3)4)23(43)33-27(8,22(37)38)15-41-44(9,10)26(5,6)7/h11-13,16-18,40H,14-15H2,1-10H3,(H,33,43)(H,34,39)(H,37,38)/t18-,27?,28-/m1/s1. The van der Waals surface area contributed by atoms with Crippen molar-refractivity contribution >= 4 is 37.7 Å². The van der Waals surface area contributed by atoms with Gasteiger partial charge in [0.05, 0.1) is 19.2 Å². The average Bonchev–Trinajstić information content (AvgIpc) is 3.36. The van der Waals surface area contributed by atoms with Crippen molar-refractivity contribution in [2.75, 3.05) is 6.61 Å². The Morgan fingerprint density at radius 1 is 1.16 bits per heavy atom. The van der Waals surface area contributed by atoms with Crippen LogP contribution in [-0.2, 0) is 26.1 Å². The van der Waals surface area contributed by atoms with Gasteiger partial charge in [-0.05, 0) is 71.0 Å². The molecule has 0 radical (unpaired) electrons. The van der Waals surface area contributed by atoms with Crippen LogP contribution in [0.2, 0.25) is 18.1 Å². The molecule has 0 fully saturated rings. The largest absolute Gasteiger partial charge is 0.479 e. The normalized spacial score (nSPS) is 15.8. The zero-order valence-corrected chi connectivity index (χ0v) is 28.7. The number of nitrogens with one attached hydrogen (secondary N) is 2. The number of carbonyl (C=O) groups is 2. The van der Waals surface area contributed by atoms with Crippen molar-refractivity contribution in [3.63, 3.8) is 0 Å². The maximum atomic E-state index is 15.3. The fourth-order valence-electron chi connectivity index (χ4n) is 3.77. The lowest BCUT2D eigenvalue weighted by atomic mass is 9.86. The van der Waals surface area contributed by atoms with E-state index in [9.17, 15) is 24.2 Å². The molecular formula is C28H44F2N6O6SSi. The summed E-state index contributed by atoms with van der Waals surface area (Å²) >= 11 is 5.62. The highest BCUT2D eigenvalue weighted by Gasteiger charge is 2.47. The van der Waals surface area contributed by atoms with Gasteiger partial charge in [0, 0.05) is 11.6 Å². The number of aliphatic hydroxyl groups is 1. The van der Waals surface area contributed by atoms with E-state index < -0.39 is 61.3 Å². The third-order valence-corrected chi connectivity index (χ3v) is 12.3. The van der Waals surface area contributed by atoms with Crippen LogP contribution in [0.4, 0.5) is 13.6 Å². The highest BCUT2D eigenvalue weighted by atomic mass is 32.1. The van der Waals surface area contributed by atoms with Crippen LogP contribution in [0.15, 0.2) is 30.9 Å². The summed E-state index contributed by atoms with van der Waals surface area (Å²) in [6.07, 6.45) is 1.49. The van der Waals surface area contributed by atoms with Gasteiger partial charge < -0.3 is 24.7 Å². The molecule has 0 saturated heterocycles. The Labute approximate surface area is 263 Å². The van der Waals surface area contributed by atoms with Crippen LogP contribution < -0.4 is 10.7 Å². The van der Waals surface area contributed by atoms with Gasteiger partial charge in [-0.15, -0.1) is 0 Å². The van der Waals surface area contributed by atoms with E-state index in [-0.39, 0.29) is 22.3 Å². The van der Waals surface area contributed by atoms with E-state index in [1.54, 1.807) is 20.8 Å². The van der Waals surface area contributed by atoms with Crippen molar-refractivity contribution in [2.24, 2.45) is 0 Å². The molecule has 3 atom stereocenters. The number of carbonyl (C=O) groups excluding carboxylic acids is 1. The minimum absolute atomic E-state index is 0.219. The quantitative estimate of drug-likeness (QED) is 0.164. The van der Waals surface area contributed by atoms with Gasteiger partial charge in [-0.3, -0.25) is 5.01 Å². The number of hydrazine groups is 1. The predicted molar refractivity (Wildman–Crippen MR) is 166 cm³/mol. The van der Waals surface area contributed by atoms with Crippen molar-refractivity contribution in [3.05, 3.63) is 48.1 Å². The number of thiocarbonyl (C=S) groups is 1. The number of hydrogen-bond donors (Lipinski definition) is 4. The summed E-state index contributed by atoms with van der Waals surface area (Å²) in [6, 6.07) is 1.29. The molecule has 0 spiro atoms. The third-order valence-electron chi connectivity index (χ3n) is 7.56. The summed E-state index contributed by atoms with van der Waals surface area (Å²) in [5.41, 5.74) is -2.89. The van der Waals surface area contributed by atoms with Gasteiger partial charge in [0.25, 0.3) is 0 Å². The second-order valence-electron chi connectivity index (χ2n) is 13.4. The first kappa shape index (κ1) is 37.0. The zero-order chi connectivity index (χ0) is 33.9. The fraction of sp³-hybridized carbons (Fsp3) is 0.607. The van der Waals surface area contributed by atoms with Crippen molar-refractivity contribution in [3.8, 4) is 0 Å². The molecule has 0 aliphatic rings. The second-order valence-corrected chi connectivity index (χ2v) is 18.6. The Kier molecular flexibility index (Phi) is 11.3. The van der Waals surface area contributed by atoms with Crippen LogP contribution >= 0.6 is 12.2 Å². The first-order chi connectivity index (χ1) is 19.9. The predicted octanol–water partition coefficient (Wildman–Crippen LogP) is 4.31. The van der Waals surface area contributed by atoms with Crippen molar-refractivity contribution in [2.45, 2.75) is 103 Å². The zero-order valence-electron chi connectivity index (χ0n) is 26.9. The molecule has 1 amide bonds. The summed E-state index contributed by atoms with van der Waals surface area (Å²) in [6.45, 7) is 16.9. The summed E-state index contributed by atoms with van der Waals surface area (Å²) in [5, 5.41) is 29.5. The fourth-order valence-corrected chi connectivity index (χ4v) is 5.28. The van der Waals surface area contributed by atoms with Crippen LogP contribution in [0.3, 0.4) is 0 Å². The van der Waals surface area contributed by atoms with E-state index in [4.69, 9.17) is 21.4 Å². The molecule has 44 heavy (non-hydrogen) atoms. The van der Waals surface area contributed by atoms with Crippen molar-refractivity contribution < 1.29 is 37.7 Å². The molecule has 12 nitrogen and oxygen atoms in total. The van der Waals surface area contributed by atoms with Gasteiger partial charge in [-0.1, -0.05) is 26.8 Å². The summed E-state index contributed by atoms with van der Waals surface area (Å²) < 4.78 is 42.0. The minimum Gasteiger partial charge on any atom is -0.479 e. The van der Waals surface area contributed by atoms with Crippen LogP contribution in [0.25, 0.3) is 0 Å². The lowest BCUT2D eigenvalue weighted by molar-refractivity contribution is -0.145. The number of hydrogen-bond acceptors (Lipinski definition) is 8. The van der Waals surface area contributed by atoms with Gasteiger partial charge in [-0.25, -0.2) is 33.5 Å². The highest BCUT2D eigenvalue weighted by molar-refractivity contribution is 7.80. The van der Waals surface area contributed by atoms with E-state index in [2.05, 4.69) is 20.8 Å². The number of amides is 1. The molecule has 1 heterocycles. The molecular weight excluding hydrogens is 614 g/mol. The minimum atomic E-state index is -2.41. The van der Waals surface area contributed by atoms with E-state index in [0.717, 1.165) is 17.1 Å². The maximum Gasteiger partial charge on any atom is 0.426 e. The van der Waals surface area contributed by atoms with Crippen molar-refractivity contribution in [1.82, 2.24) is 30.5 Å². The molecule has 2 aromatic rings. The number of aromatic nitrogens is 3. The molecule has 246 valence electrons. The maximum absolute atomic E-state index is 15.3. The van der Waals surface area contributed by atoms with Gasteiger partial charge >= 0.3 is 12.1 Å². The third kappa shape index (κ3) is 9.15. The molecule has 1 unspecified atom stereocenters. The molecule has 16 heteroatoms. The highest BCUT2D eigenvalue weighted by Crippen LogP contribution is 2.37. The first-order valence-electron chi connectivity index (χ1n) is 13.9. The second kappa shape index (κ2) is 13.4. The molecule has 0 aliphatic heterocycles. The van der Waals surface area contributed by atoms with Gasteiger partial charge in [0.2, 0.25) is 0 Å². The van der Waals surface area contributed by atoms with Gasteiger partial charge in [0.1, 0.15) is 35.5 Å². The van der Waals surface area contributed by atoms with Crippen LogP contribution in [0.1, 0.15) is 61.0 Å². The molecule has 0 saturated carbocycles. The monoisotopic (exact) mass is 658 g/mol. The van der Waals surface area contributed by atoms with Crippen molar-refractivity contribution in [1.29, 1.82) is 0 Å². The van der Waals surface area contributed by atoms with E-state index in [1.807, 2.05) is 33.9 Å². The summed E-state index contributed by atoms with van der Waals surface area (Å²) in [5.74, 6) is -3.25. The Hall–Kier alpha value is -3.21. The number of halogens is 2. The number of carboxylic acids is 1.